The van der Waals surface area contributed by atoms with Crippen molar-refractivity contribution >= 4 is 39.4 Å². The summed E-state index contributed by atoms with van der Waals surface area (Å²) < 4.78 is 11.1. The van der Waals surface area contributed by atoms with E-state index in [1.54, 1.807) is 12.1 Å². The number of aliphatic hydroxyl groups excluding tert-OH is 1. The third kappa shape index (κ3) is 3.41. The minimum absolute atomic E-state index is 0.00794. The van der Waals surface area contributed by atoms with Crippen LogP contribution in [0.25, 0.3) is 21.9 Å². The van der Waals surface area contributed by atoms with E-state index in [1.165, 1.54) is 14.0 Å². The molecular weight excluding hydrogens is 324 g/mol. The van der Waals surface area contributed by atoms with Crippen LogP contribution < -0.4 is 15.4 Å². The molecule has 130 valence electrons. The molecule has 7 heteroatoms. The van der Waals surface area contributed by atoms with Gasteiger partial charge in [0, 0.05) is 23.4 Å². The van der Waals surface area contributed by atoms with E-state index in [0.717, 1.165) is 16.4 Å². The van der Waals surface area contributed by atoms with Gasteiger partial charge in [-0.1, -0.05) is 18.2 Å². The SMILES string of the molecule is COc1cc2c(cc1NC(=O)C(=O)NC[C@@H](C)O)oc1ccccc12. The fourth-order valence-corrected chi connectivity index (χ4v) is 2.52. The van der Waals surface area contributed by atoms with Crippen LogP contribution in [0, 0.1) is 0 Å². The summed E-state index contributed by atoms with van der Waals surface area (Å²) in [6.07, 6.45) is -0.738. The molecule has 0 aliphatic rings. The maximum atomic E-state index is 12.0. The van der Waals surface area contributed by atoms with Gasteiger partial charge >= 0.3 is 11.8 Å². The number of aliphatic hydroxyl groups is 1. The quantitative estimate of drug-likeness (QED) is 0.630. The molecule has 1 atom stereocenters. The van der Waals surface area contributed by atoms with Crippen LogP contribution in [0.4, 0.5) is 5.69 Å². The van der Waals surface area contributed by atoms with E-state index >= 15 is 0 Å². The average Bonchev–Trinajstić information content (AvgIpc) is 2.96. The number of hydrogen-bond donors (Lipinski definition) is 3. The summed E-state index contributed by atoms with van der Waals surface area (Å²) in [6.45, 7) is 1.50. The Morgan fingerprint density at radius 2 is 1.92 bits per heavy atom. The first-order chi connectivity index (χ1) is 12.0. The van der Waals surface area contributed by atoms with E-state index in [0.29, 0.717) is 17.0 Å². The van der Waals surface area contributed by atoms with Gasteiger partial charge in [-0.3, -0.25) is 9.59 Å². The molecule has 3 aromatic rings. The zero-order valence-corrected chi connectivity index (χ0v) is 13.8. The molecule has 0 saturated carbocycles. The second kappa shape index (κ2) is 6.82. The number of amides is 2. The molecular formula is C18H18N2O5. The Kier molecular flexibility index (Phi) is 4.58. The molecule has 0 fully saturated rings. The highest BCUT2D eigenvalue weighted by atomic mass is 16.5. The number of rotatable bonds is 4. The van der Waals surface area contributed by atoms with Gasteiger partial charge in [-0.2, -0.15) is 0 Å². The molecule has 2 aromatic carbocycles. The van der Waals surface area contributed by atoms with Crippen molar-refractivity contribution < 1.29 is 23.8 Å². The molecule has 0 aliphatic carbocycles. The lowest BCUT2D eigenvalue weighted by molar-refractivity contribution is -0.136. The number of ether oxygens (including phenoxy) is 1. The van der Waals surface area contributed by atoms with Crippen molar-refractivity contribution in [3.8, 4) is 5.75 Å². The summed E-state index contributed by atoms with van der Waals surface area (Å²) in [4.78, 5) is 23.8. The predicted molar refractivity (Wildman–Crippen MR) is 93.6 cm³/mol. The zero-order chi connectivity index (χ0) is 18.0. The summed E-state index contributed by atoms with van der Waals surface area (Å²) in [5, 5.41) is 15.8. The number of furan rings is 1. The van der Waals surface area contributed by atoms with Crippen molar-refractivity contribution in [2.45, 2.75) is 13.0 Å². The highest BCUT2D eigenvalue weighted by Gasteiger charge is 2.18. The van der Waals surface area contributed by atoms with E-state index < -0.39 is 17.9 Å². The van der Waals surface area contributed by atoms with Crippen molar-refractivity contribution in [2.24, 2.45) is 0 Å². The maximum Gasteiger partial charge on any atom is 0.313 e. The van der Waals surface area contributed by atoms with E-state index in [1.807, 2.05) is 24.3 Å². The third-order valence-corrected chi connectivity index (χ3v) is 3.71. The fourth-order valence-electron chi connectivity index (χ4n) is 2.52. The van der Waals surface area contributed by atoms with E-state index in [-0.39, 0.29) is 6.54 Å². The molecule has 1 heterocycles. The Morgan fingerprint density at radius 3 is 2.64 bits per heavy atom. The van der Waals surface area contributed by atoms with E-state index in [2.05, 4.69) is 10.6 Å². The second-order valence-corrected chi connectivity index (χ2v) is 5.66. The van der Waals surface area contributed by atoms with E-state index in [4.69, 9.17) is 14.3 Å². The summed E-state index contributed by atoms with van der Waals surface area (Å²) in [5.41, 5.74) is 1.62. The van der Waals surface area contributed by atoms with Gasteiger partial charge in [0.15, 0.2) is 0 Å². The Labute approximate surface area is 143 Å². The van der Waals surface area contributed by atoms with Gasteiger partial charge in [0.1, 0.15) is 16.9 Å². The molecule has 0 bridgehead atoms. The normalized spacial score (nSPS) is 12.1. The fraction of sp³-hybridized carbons (Fsp3) is 0.222. The third-order valence-electron chi connectivity index (χ3n) is 3.71. The number of hydrogen-bond acceptors (Lipinski definition) is 5. The number of para-hydroxylation sites is 1. The Morgan fingerprint density at radius 1 is 1.16 bits per heavy atom. The standard InChI is InChI=1S/C18H18N2O5/c1-10(21)9-19-17(22)18(23)20-13-8-15-12(7-16(13)24-2)11-5-3-4-6-14(11)25-15/h3-8,10,21H,9H2,1-2H3,(H,19,22)(H,20,23)/t10-/m1/s1. The number of nitrogens with one attached hydrogen (secondary N) is 2. The number of anilines is 1. The van der Waals surface area contributed by atoms with Crippen molar-refractivity contribution in [2.75, 3.05) is 19.0 Å². The Hall–Kier alpha value is -3.06. The van der Waals surface area contributed by atoms with Crippen LogP contribution in [0.15, 0.2) is 40.8 Å². The van der Waals surface area contributed by atoms with Crippen LogP contribution in [0.3, 0.4) is 0 Å². The van der Waals surface area contributed by atoms with Gasteiger partial charge in [0.2, 0.25) is 0 Å². The molecule has 0 spiro atoms. The summed E-state index contributed by atoms with van der Waals surface area (Å²) in [6, 6.07) is 10.9. The molecule has 7 nitrogen and oxygen atoms in total. The summed E-state index contributed by atoms with van der Waals surface area (Å²) in [7, 11) is 1.48. The molecule has 2 amide bonds. The zero-order valence-electron chi connectivity index (χ0n) is 13.8. The van der Waals surface area contributed by atoms with Gasteiger partial charge in [0.25, 0.3) is 0 Å². The topological polar surface area (TPSA) is 101 Å². The Bertz CT molecular complexity index is 945. The molecule has 0 aliphatic heterocycles. The monoisotopic (exact) mass is 342 g/mol. The van der Waals surface area contributed by atoms with Gasteiger partial charge in [-0.25, -0.2) is 0 Å². The van der Waals surface area contributed by atoms with Crippen LogP contribution in [-0.2, 0) is 9.59 Å². The first kappa shape index (κ1) is 16.8. The van der Waals surface area contributed by atoms with Crippen molar-refractivity contribution in [1.29, 1.82) is 0 Å². The molecule has 3 rings (SSSR count). The number of carbonyl (C=O) groups excluding carboxylic acids is 2. The molecule has 0 radical (unpaired) electrons. The van der Waals surface area contributed by atoms with Gasteiger partial charge < -0.3 is 24.9 Å². The lowest BCUT2D eigenvalue weighted by atomic mass is 10.1. The van der Waals surface area contributed by atoms with Crippen LogP contribution >= 0.6 is 0 Å². The molecule has 3 N–H and O–H groups in total. The second-order valence-electron chi connectivity index (χ2n) is 5.66. The van der Waals surface area contributed by atoms with Crippen molar-refractivity contribution in [3.63, 3.8) is 0 Å². The maximum absolute atomic E-state index is 12.0. The molecule has 0 saturated heterocycles. The van der Waals surface area contributed by atoms with Crippen molar-refractivity contribution in [1.82, 2.24) is 5.32 Å². The van der Waals surface area contributed by atoms with Gasteiger partial charge in [-0.15, -0.1) is 0 Å². The number of carbonyl (C=O) groups is 2. The summed E-state index contributed by atoms with van der Waals surface area (Å²) in [5.74, 6) is -1.28. The minimum Gasteiger partial charge on any atom is -0.495 e. The largest absolute Gasteiger partial charge is 0.495 e. The number of fused-ring (bicyclic) bond motifs is 3. The average molecular weight is 342 g/mol. The van der Waals surface area contributed by atoms with Crippen molar-refractivity contribution in [3.05, 3.63) is 36.4 Å². The molecule has 25 heavy (non-hydrogen) atoms. The van der Waals surface area contributed by atoms with Crippen LogP contribution in [-0.4, -0.2) is 36.7 Å². The van der Waals surface area contributed by atoms with Crippen LogP contribution in [0.2, 0.25) is 0 Å². The smallest absolute Gasteiger partial charge is 0.313 e. The highest BCUT2D eigenvalue weighted by Crippen LogP contribution is 2.36. The molecule has 0 unspecified atom stereocenters. The summed E-state index contributed by atoms with van der Waals surface area (Å²) >= 11 is 0. The lowest BCUT2D eigenvalue weighted by Gasteiger charge is -2.11. The lowest BCUT2D eigenvalue weighted by Crippen LogP contribution is -2.38. The first-order valence-electron chi connectivity index (χ1n) is 7.76. The van der Waals surface area contributed by atoms with Gasteiger partial charge in [0.05, 0.1) is 18.9 Å². The minimum atomic E-state index is -0.852. The number of methoxy groups -OCH3 is 1. The highest BCUT2D eigenvalue weighted by molar-refractivity contribution is 6.39. The van der Waals surface area contributed by atoms with E-state index in [9.17, 15) is 9.59 Å². The van der Waals surface area contributed by atoms with Gasteiger partial charge in [-0.05, 0) is 19.1 Å². The van der Waals surface area contributed by atoms with Crippen LogP contribution in [0.5, 0.6) is 5.75 Å². The van der Waals surface area contributed by atoms with Crippen LogP contribution in [0.1, 0.15) is 6.92 Å². The Balaban J connectivity index is 1.91. The number of benzene rings is 2. The first-order valence-corrected chi connectivity index (χ1v) is 7.76. The predicted octanol–water partition coefficient (Wildman–Crippen LogP) is 2.03. The molecule has 1 aromatic heterocycles.